The summed E-state index contributed by atoms with van der Waals surface area (Å²) < 4.78 is 22.7. The van der Waals surface area contributed by atoms with Crippen LogP contribution >= 0.6 is 15.9 Å². The molecular weight excluding hydrogens is 504 g/mol. The van der Waals surface area contributed by atoms with Crippen LogP contribution in [0.2, 0.25) is 36.3 Å². The van der Waals surface area contributed by atoms with Crippen molar-refractivity contribution in [3.8, 4) is 0 Å². The fourth-order valence-electron chi connectivity index (χ4n) is 3.24. The molecule has 0 N–H and O–H groups in total. The second kappa shape index (κ2) is 8.85. The van der Waals surface area contributed by atoms with Gasteiger partial charge >= 0.3 is 0 Å². The SMILES string of the molecule is CC(C)(C)[Si](C)(C)OCC1OC(n2cnc3c(Br)ncnc32)CC1O[Si](C)(C)C(C)(C)C. The number of halogens is 1. The highest BCUT2D eigenvalue weighted by Crippen LogP contribution is 2.43. The number of hydrogen-bond donors (Lipinski definition) is 0. The van der Waals surface area contributed by atoms with Crippen LogP contribution in [0, 0.1) is 0 Å². The van der Waals surface area contributed by atoms with E-state index in [9.17, 15) is 0 Å². The van der Waals surface area contributed by atoms with E-state index in [1.54, 1.807) is 12.7 Å². The van der Waals surface area contributed by atoms with Crippen molar-refractivity contribution in [1.82, 2.24) is 19.5 Å². The Bertz CT molecular complexity index is 953. The number of rotatable bonds is 6. The number of nitrogens with zero attached hydrogens (tertiary/aromatic N) is 4. The van der Waals surface area contributed by atoms with Gasteiger partial charge in [0.25, 0.3) is 0 Å². The lowest BCUT2D eigenvalue weighted by Gasteiger charge is -2.40. The first-order valence-corrected chi connectivity index (χ1v) is 17.9. The number of hydrogen-bond acceptors (Lipinski definition) is 6. The number of ether oxygens (including phenoxy) is 1. The Labute approximate surface area is 203 Å². The summed E-state index contributed by atoms with van der Waals surface area (Å²) in [5.74, 6) is 0. The van der Waals surface area contributed by atoms with Crippen LogP contribution in [0.5, 0.6) is 0 Å². The standard InChI is InChI=1S/C22H39BrN4O3Si2/c1-21(2,3)31(7,8)28-12-16-15(30-32(9,10)22(4,5)6)11-17(29-16)27-14-26-18-19(23)24-13-25-20(18)27/h13-17H,11-12H2,1-10H3. The Morgan fingerprint density at radius 3 is 2.25 bits per heavy atom. The first-order valence-electron chi connectivity index (χ1n) is 11.3. The average Bonchev–Trinajstić information content (AvgIpc) is 3.22. The third kappa shape index (κ3) is 5.20. The zero-order chi connectivity index (χ0) is 24.1. The van der Waals surface area contributed by atoms with Crippen LogP contribution in [-0.2, 0) is 13.6 Å². The molecule has 1 saturated heterocycles. The zero-order valence-corrected chi connectivity index (χ0v) is 24.8. The second-order valence-electron chi connectivity index (χ2n) is 11.8. The van der Waals surface area contributed by atoms with Gasteiger partial charge in [-0.1, -0.05) is 41.5 Å². The Morgan fingerprint density at radius 2 is 1.66 bits per heavy atom. The van der Waals surface area contributed by atoms with Crippen LogP contribution in [0.1, 0.15) is 54.2 Å². The predicted molar refractivity (Wildman–Crippen MR) is 137 cm³/mol. The minimum absolute atomic E-state index is 0.0339. The van der Waals surface area contributed by atoms with Gasteiger partial charge < -0.3 is 13.6 Å². The summed E-state index contributed by atoms with van der Waals surface area (Å²) in [6, 6.07) is 0. The molecule has 0 bridgehead atoms. The maximum absolute atomic E-state index is 6.86. The van der Waals surface area contributed by atoms with Gasteiger partial charge in [0.2, 0.25) is 0 Å². The molecule has 1 aliphatic rings. The van der Waals surface area contributed by atoms with Crippen molar-refractivity contribution >= 4 is 43.7 Å². The Hall–Kier alpha value is -0.656. The largest absolute Gasteiger partial charge is 0.414 e. The van der Waals surface area contributed by atoms with E-state index in [2.05, 4.69) is 98.6 Å². The van der Waals surface area contributed by atoms with Gasteiger partial charge in [0.15, 0.2) is 22.3 Å². The van der Waals surface area contributed by atoms with Gasteiger partial charge in [-0.2, -0.15) is 0 Å². The fraction of sp³-hybridized carbons (Fsp3) is 0.773. The van der Waals surface area contributed by atoms with Gasteiger partial charge in [-0.3, -0.25) is 4.57 Å². The van der Waals surface area contributed by atoms with E-state index in [-0.39, 0.29) is 28.5 Å². The van der Waals surface area contributed by atoms with Crippen LogP contribution in [0.15, 0.2) is 17.3 Å². The van der Waals surface area contributed by atoms with Crippen molar-refractivity contribution < 1.29 is 13.6 Å². The van der Waals surface area contributed by atoms with Crippen molar-refractivity contribution in [2.24, 2.45) is 0 Å². The third-order valence-electron chi connectivity index (χ3n) is 7.47. The summed E-state index contributed by atoms with van der Waals surface area (Å²) in [4.78, 5) is 13.1. The topological polar surface area (TPSA) is 71.3 Å². The lowest BCUT2D eigenvalue weighted by molar-refractivity contribution is -0.0383. The monoisotopic (exact) mass is 542 g/mol. The van der Waals surface area contributed by atoms with Gasteiger partial charge in [-0.15, -0.1) is 0 Å². The van der Waals surface area contributed by atoms with E-state index < -0.39 is 16.6 Å². The Morgan fingerprint density at radius 1 is 1.03 bits per heavy atom. The molecular formula is C22H39BrN4O3Si2. The van der Waals surface area contributed by atoms with Crippen LogP contribution < -0.4 is 0 Å². The number of imidazole rings is 1. The molecule has 0 spiro atoms. The Balaban J connectivity index is 1.87. The normalized spacial score (nSPS) is 23.3. The highest BCUT2D eigenvalue weighted by molar-refractivity contribution is 9.10. The first-order chi connectivity index (χ1) is 14.5. The van der Waals surface area contributed by atoms with Crippen molar-refractivity contribution in [2.45, 2.75) is 103 Å². The summed E-state index contributed by atoms with van der Waals surface area (Å²) in [6.45, 7) is 23.3. The van der Waals surface area contributed by atoms with E-state index in [1.807, 2.05) is 4.57 Å². The van der Waals surface area contributed by atoms with Gasteiger partial charge in [-0.25, -0.2) is 15.0 Å². The molecule has 2 aromatic heterocycles. The highest BCUT2D eigenvalue weighted by Gasteiger charge is 2.46. The van der Waals surface area contributed by atoms with Gasteiger partial charge in [0.05, 0.1) is 19.0 Å². The fourth-order valence-corrected chi connectivity index (χ4v) is 5.99. The van der Waals surface area contributed by atoms with E-state index >= 15 is 0 Å². The van der Waals surface area contributed by atoms with E-state index in [1.165, 1.54) is 0 Å². The smallest absolute Gasteiger partial charge is 0.192 e. The summed E-state index contributed by atoms with van der Waals surface area (Å²) >= 11 is 3.47. The molecule has 0 saturated carbocycles. The third-order valence-corrected chi connectivity index (χ3v) is 17.1. The summed E-state index contributed by atoms with van der Waals surface area (Å²) in [7, 11) is -3.89. The van der Waals surface area contributed by atoms with Gasteiger partial charge in [0.1, 0.15) is 28.8 Å². The van der Waals surface area contributed by atoms with Crippen molar-refractivity contribution in [3.05, 3.63) is 17.3 Å². The Kier molecular flexibility index (Phi) is 7.18. The van der Waals surface area contributed by atoms with Gasteiger partial charge in [0, 0.05) is 6.42 Å². The molecule has 3 atom stereocenters. The molecule has 1 aliphatic heterocycles. The highest BCUT2D eigenvalue weighted by atomic mass is 79.9. The van der Waals surface area contributed by atoms with Crippen molar-refractivity contribution in [1.29, 1.82) is 0 Å². The summed E-state index contributed by atoms with van der Waals surface area (Å²) in [5.41, 5.74) is 1.49. The van der Waals surface area contributed by atoms with E-state index in [4.69, 9.17) is 13.6 Å². The maximum Gasteiger partial charge on any atom is 0.192 e. The molecule has 1 fully saturated rings. The molecule has 3 rings (SSSR count). The van der Waals surface area contributed by atoms with Gasteiger partial charge in [-0.05, 0) is 52.2 Å². The number of fused-ring (bicyclic) bond motifs is 1. The van der Waals surface area contributed by atoms with Crippen LogP contribution in [0.4, 0.5) is 0 Å². The molecule has 3 heterocycles. The molecule has 0 aromatic carbocycles. The van der Waals surface area contributed by atoms with E-state index in [0.29, 0.717) is 11.2 Å². The molecule has 10 heteroatoms. The molecule has 7 nitrogen and oxygen atoms in total. The zero-order valence-electron chi connectivity index (χ0n) is 21.2. The van der Waals surface area contributed by atoms with Crippen LogP contribution in [-0.4, -0.2) is 55.0 Å². The second-order valence-corrected chi connectivity index (χ2v) is 22.2. The average molecular weight is 544 g/mol. The molecule has 2 aromatic rings. The molecule has 0 amide bonds. The molecule has 3 unspecified atom stereocenters. The summed E-state index contributed by atoms with van der Waals surface area (Å²) in [5, 5.41) is 0.264. The maximum atomic E-state index is 6.86. The molecule has 180 valence electrons. The van der Waals surface area contributed by atoms with Crippen LogP contribution in [0.3, 0.4) is 0 Å². The molecule has 32 heavy (non-hydrogen) atoms. The van der Waals surface area contributed by atoms with Crippen molar-refractivity contribution in [3.63, 3.8) is 0 Å². The minimum atomic E-state index is -1.98. The molecule has 0 aliphatic carbocycles. The number of aromatic nitrogens is 4. The minimum Gasteiger partial charge on any atom is -0.414 e. The lowest BCUT2D eigenvalue weighted by atomic mass is 10.2. The van der Waals surface area contributed by atoms with Crippen LogP contribution in [0.25, 0.3) is 11.2 Å². The van der Waals surface area contributed by atoms with Crippen molar-refractivity contribution in [2.75, 3.05) is 6.61 Å². The van der Waals surface area contributed by atoms with E-state index in [0.717, 1.165) is 17.6 Å². The summed E-state index contributed by atoms with van der Waals surface area (Å²) in [6.07, 6.45) is 3.70. The molecule has 0 radical (unpaired) electrons. The predicted octanol–water partition coefficient (Wildman–Crippen LogP) is 6.29. The first kappa shape index (κ1) is 26.0. The lowest BCUT2D eigenvalue weighted by Crippen LogP contribution is -2.48. The quantitative estimate of drug-likeness (QED) is 0.315.